The van der Waals surface area contributed by atoms with Crippen molar-refractivity contribution in [2.45, 2.75) is 33.1 Å². The van der Waals surface area contributed by atoms with E-state index in [9.17, 15) is 19.2 Å². The minimum atomic E-state index is -0.590. The molecule has 0 bridgehead atoms. The second kappa shape index (κ2) is 21.7. The maximum atomic E-state index is 11.9. The van der Waals surface area contributed by atoms with E-state index in [0.29, 0.717) is 18.7 Å². The summed E-state index contributed by atoms with van der Waals surface area (Å²) in [6.07, 6.45) is 1.92. The molecule has 0 aliphatic carbocycles. The number of allylic oxidation sites excluding steroid dienone is 2. The molecule has 11 heteroatoms. The molecule has 0 radical (unpaired) electrons. The van der Waals surface area contributed by atoms with Crippen molar-refractivity contribution in [3.8, 4) is 0 Å². The number of hydrogen-bond acceptors (Lipinski definition) is 7. The molecule has 0 heterocycles. The van der Waals surface area contributed by atoms with Crippen molar-refractivity contribution in [2.75, 3.05) is 33.4 Å². The zero-order valence-corrected chi connectivity index (χ0v) is 30.0. The SMILES string of the molecule is CN/C(C)=C\C(=O)Cc1ccc([N-]C(=O)CC(=O)[N-]CCOCCCOC(C)=O)cc1.[Rb+].[Rb+]. The van der Waals surface area contributed by atoms with Gasteiger partial charge in [-0.3, -0.25) is 9.59 Å². The number of amides is 2. The van der Waals surface area contributed by atoms with E-state index in [0.717, 1.165) is 11.3 Å². The van der Waals surface area contributed by atoms with Crippen LogP contribution in [0.3, 0.4) is 0 Å². The normalized spacial score (nSPS) is 10.2. The molecule has 0 saturated carbocycles. The summed E-state index contributed by atoms with van der Waals surface area (Å²) in [4.78, 5) is 46.1. The minimum Gasteiger partial charge on any atom is -0.651 e. The topological polar surface area (TPSA) is 127 Å². The first kappa shape index (κ1) is 35.6. The number of esters is 1. The number of ether oxygens (including phenoxy) is 2. The fourth-order valence-electron chi connectivity index (χ4n) is 2.34. The monoisotopic (exact) mass is 601 g/mol. The van der Waals surface area contributed by atoms with Crippen LogP contribution in [0, 0.1) is 0 Å². The summed E-state index contributed by atoms with van der Waals surface area (Å²) in [6.45, 7) is 4.19. The average molecular weight is 602 g/mol. The van der Waals surface area contributed by atoms with E-state index in [-0.39, 0.29) is 154 Å². The predicted molar refractivity (Wildman–Crippen MR) is 116 cm³/mol. The van der Waals surface area contributed by atoms with Gasteiger partial charge in [-0.05, 0) is 12.5 Å². The molecule has 33 heavy (non-hydrogen) atoms. The molecule has 170 valence electrons. The van der Waals surface area contributed by atoms with Crippen molar-refractivity contribution in [3.63, 3.8) is 0 Å². The molecule has 0 unspecified atom stereocenters. The Morgan fingerprint density at radius 3 is 2.24 bits per heavy atom. The number of rotatable bonds is 14. The second-order valence-electron chi connectivity index (χ2n) is 6.65. The van der Waals surface area contributed by atoms with Crippen LogP contribution in [0.2, 0.25) is 0 Å². The van der Waals surface area contributed by atoms with Gasteiger partial charge in [0.15, 0.2) is 5.78 Å². The quantitative estimate of drug-likeness (QED) is 0.103. The van der Waals surface area contributed by atoms with Crippen LogP contribution >= 0.6 is 0 Å². The molecule has 1 aromatic rings. The third-order valence-corrected chi connectivity index (χ3v) is 3.90. The summed E-state index contributed by atoms with van der Waals surface area (Å²) >= 11 is 0. The first-order chi connectivity index (χ1) is 14.8. The van der Waals surface area contributed by atoms with Gasteiger partial charge in [0.05, 0.1) is 18.4 Å². The number of ketones is 1. The van der Waals surface area contributed by atoms with Crippen LogP contribution in [0.1, 0.15) is 32.3 Å². The Balaban J connectivity index is 0. The van der Waals surface area contributed by atoms with Gasteiger partial charge >= 0.3 is 122 Å². The molecule has 9 nitrogen and oxygen atoms in total. The largest absolute Gasteiger partial charge is 1.00 e. The van der Waals surface area contributed by atoms with Crippen LogP contribution in [0.5, 0.6) is 0 Å². The van der Waals surface area contributed by atoms with Crippen molar-refractivity contribution < 1.29 is 145 Å². The Morgan fingerprint density at radius 2 is 1.64 bits per heavy atom. The third-order valence-electron chi connectivity index (χ3n) is 3.90. The van der Waals surface area contributed by atoms with Crippen molar-refractivity contribution in [1.29, 1.82) is 0 Å². The average Bonchev–Trinajstić information content (AvgIpc) is 2.70. The Kier molecular flexibility index (Phi) is 23.4. The fraction of sp³-hybridized carbons (Fsp3) is 0.455. The van der Waals surface area contributed by atoms with E-state index >= 15 is 0 Å². The fourth-order valence-corrected chi connectivity index (χ4v) is 2.34. The summed E-state index contributed by atoms with van der Waals surface area (Å²) in [5, 5.41) is 10.5. The molecule has 0 fully saturated rings. The third kappa shape index (κ3) is 19.3. The van der Waals surface area contributed by atoms with Crippen LogP contribution in [0.25, 0.3) is 10.6 Å². The summed E-state index contributed by atoms with van der Waals surface area (Å²) in [5.74, 6) is -1.53. The first-order valence-corrected chi connectivity index (χ1v) is 9.94. The van der Waals surface area contributed by atoms with E-state index < -0.39 is 18.2 Å². The summed E-state index contributed by atoms with van der Waals surface area (Å²) in [6, 6.07) is 6.69. The summed E-state index contributed by atoms with van der Waals surface area (Å²) in [7, 11) is 1.74. The molecule has 1 N–H and O–H groups in total. The maximum Gasteiger partial charge on any atom is 1.00 e. The molecule has 1 rings (SSSR count). The van der Waals surface area contributed by atoms with Crippen LogP contribution in [0.4, 0.5) is 5.69 Å². The smallest absolute Gasteiger partial charge is 0.651 e. The number of carbonyl (C=O) groups is 4. The van der Waals surface area contributed by atoms with Crippen LogP contribution in [-0.2, 0) is 35.1 Å². The molecule has 2 amide bonds. The molecule has 0 aliphatic heterocycles. The Bertz CT molecular complexity index is 785. The van der Waals surface area contributed by atoms with Crippen molar-refractivity contribution >= 4 is 29.3 Å². The zero-order chi connectivity index (χ0) is 23.1. The van der Waals surface area contributed by atoms with Crippen LogP contribution in [-0.4, -0.2) is 57.0 Å². The molecule has 1 aromatic carbocycles. The number of hydrogen-bond donors (Lipinski definition) is 1. The zero-order valence-electron chi connectivity index (χ0n) is 20.2. The molecule has 0 atom stereocenters. The first-order valence-electron chi connectivity index (χ1n) is 9.94. The van der Waals surface area contributed by atoms with Gasteiger partial charge in [0.1, 0.15) is 0 Å². The number of nitrogens with zero attached hydrogens (tertiary/aromatic N) is 2. The van der Waals surface area contributed by atoms with E-state index in [1.54, 1.807) is 38.2 Å². The minimum absolute atomic E-state index is 0. The van der Waals surface area contributed by atoms with E-state index in [4.69, 9.17) is 9.47 Å². The van der Waals surface area contributed by atoms with Gasteiger partial charge in [-0.2, -0.15) is 0 Å². The van der Waals surface area contributed by atoms with E-state index in [1.807, 2.05) is 0 Å². The molecule has 0 aliphatic rings. The Hall–Kier alpha value is 0.410. The van der Waals surface area contributed by atoms with E-state index in [2.05, 4.69) is 16.0 Å². The Morgan fingerprint density at radius 1 is 0.970 bits per heavy atom. The van der Waals surface area contributed by atoms with Gasteiger partial charge in [0.25, 0.3) is 0 Å². The molecular weight excluding hydrogens is 573 g/mol. The van der Waals surface area contributed by atoms with Gasteiger partial charge < -0.3 is 35.0 Å². The second-order valence-corrected chi connectivity index (χ2v) is 6.65. The van der Waals surface area contributed by atoms with Crippen molar-refractivity contribution in [1.82, 2.24) is 5.32 Å². The van der Waals surface area contributed by atoms with Crippen molar-refractivity contribution in [3.05, 3.63) is 52.2 Å². The number of carbonyl (C=O) groups excluding carboxylic acids is 4. The number of benzene rings is 1. The van der Waals surface area contributed by atoms with E-state index in [1.165, 1.54) is 13.0 Å². The number of nitrogens with one attached hydrogen (secondary N) is 1. The van der Waals surface area contributed by atoms with Gasteiger partial charge in [-0.15, -0.1) is 12.2 Å². The maximum absolute atomic E-state index is 11.9. The molecular formula is C22H29N3O6Rb2. The standard InChI is InChI=1S/C22H31N3O6.2Rb/c1-16(23-3)13-20(27)14-18-5-7-19(8-6-18)25-22(29)15-21(28)24-9-12-30-10-4-11-31-17(2)26;;/h5-8,13H,4,9-12,14-15H2,1-3H3,(H3,23,24,25,27,28,29);;/q;2*+1/p-2. The Labute approximate surface area is 293 Å². The molecule has 0 aromatic heterocycles. The van der Waals surface area contributed by atoms with Gasteiger partial charge in [0, 0.05) is 58.2 Å². The van der Waals surface area contributed by atoms with Gasteiger partial charge in [-0.25, -0.2) is 0 Å². The van der Waals surface area contributed by atoms with Crippen LogP contribution < -0.4 is 122 Å². The summed E-state index contributed by atoms with van der Waals surface area (Å²) < 4.78 is 10.0. The van der Waals surface area contributed by atoms with Crippen LogP contribution in [0.15, 0.2) is 36.0 Å². The van der Waals surface area contributed by atoms with Gasteiger partial charge in [-0.1, -0.05) is 24.3 Å². The predicted octanol–water partition coefficient (Wildman–Crippen LogP) is -3.28. The summed E-state index contributed by atoms with van der Waals surface area (Å²) in [5.41, 5.74) is 1.99. The molecule has 0 saturated heterocycles. The van der Waals surface area contributed by atoms with Gasteiger partial charge in [0.2, 0.25) is 0 Å². The van der Waals surface area contributed by atoms with Crippen molar-refractivity contribution in [2.24, 2.45) is 0 Å². The molecule has 0 spiro atoms.